The van der Waals surface area contributed by atoms with Crippen LogP contribution in [0.25, 0.3) is 10.6 Å². The quantitative estimate of drug-likeness (QED) is 0.676. The van der Waals surface area contributed by atoms with Crippen molar-refractivity contribution in [1.82, 2.24) is 9.88 Å². The van der Waals surface area contributed by atoms with Crippen LogP contribution in [-0.2, 0) is 0 Å². The molecular formula is C19H19ClN4OS2. The number of halogens is 1. The number of aromatic nitrogens is 1. The molecule has 8 heteroatoms. The Morgan fingerprint density at radius 3 is 2.74 bits per heavy atom. The molecule has 0 saturated carbocycles. The predicted molar refractivity (Wildman–Crippen MR) is 115 cm³/mol. The Labute approximate surface area is 171 Å². The third-order valence-electron chi connectivity index (χ3n) is 4.56. The molecule has 0 atom stereocenters. The van der Waals surface area contributed by atoms with Gasteiger partial charge in [-0.2, -0.15) is 11.3 Å². The number of thiophene rings is 1. The third kappa shape index (κ3) is 4.16. The van der Waals surface area contributed by atoms with Crippen molar-refractivity contribution in [2.45, 2.75) is 0 Å². The van der Waals surface area contributed by atoms with E-state index in [0.29, 0.717) is 10.7 Å². The smallest absolute Gasteiger partial charge is 0.275 e. The summed E-state index contributed by atoms with van der Waals surface area (Å²) in [6.45, 7) is 3.82. The zero-order chi connectivity index (χ0) is 18.8. The lowest BCUT2D eigenvalue weighted by atomic mass is 10.2. The highest BCUT2D eigenvalue weighted by Crippen LogP contribution is 2.31. The molecule has 0 aliphatic carbocycles. The van der Waals surface area contributed by atoms with Crippen LogP contribution in [0, 0.1) is 0 Å². The number of likely N-dealkylation sites (N-methyl/N-ethyl adjacent to an activating group) is 1. The molecule has 3 aromatic rings. The van der Waals surface area contributed by atoms with Crippen molar-refractivity contribution < 1.29 is 4.79 Å². The summed E-state index contributed by atoms with van der Waals surface area (Å²) in [5.41, 5.74) is 3.19. The molecule has 5 nitrogen and oxygen atoms in total. The summed E-state index contributed by atoms with van der Waals surface area (Å²) in [6, 6.07) is 7.65. The summed E-state index contributed by atoms with van der Waals surface area (Å²) in [7, 11) is 2.12. The van der Waals surface area contributed by atoms with Crippen LogP contribution >= 0.6 is 34.3 Å². The summed E-state index contributed by atoms with van der Waals surface area (Å²) in [5.74, 6) is -0.217. The lowest BCUT2D eigenvalue weighted by Crippen LogP contribution is -2.44. The summed E-state index contributed by atoms with van der Waals surface area (Å²) >= 11 is 9.28. The number of carbonyl (C=O) groups is 1. The Bertz CT molecular complexity index is 933. The van der Waals surface area contributed by atoms with Crippen molar-refractivity contribution in [3.63, 3.8) is 0 Å². The van der Waals surface area contributed by atoms with E-state index in [1.807, 2.05) is 29.0 Å². The van der Waals surface area contributed by atoms with Crippen LogP contribution < -0.4 is 10.2 Å². The molecule has 140 valence electrons. The maximum Gasteiger partial charge on any atom is 0.275 e. The van der Waals surface area contributed by atoms with Gasteiger partial charge in [0.1, 0.15) is 10.7 Å². The minimum absolute atomic E-state index is 0.217. The third-order valence-corrected chi connectivity index (χ3v) is 6.37. The van der Waals surface area contributed by atoms with Crippen molar-refractivity contribution in [2.24, 2.45) is 0 Å². The molecule has 3 heterocycles. The monoisotopic (exact) mass is 418 g/mol. The Balaban J connectivity index is 1.55. The Hall–Kier alpha value is -1.93. The van der Waals surface area contributed by atoms with Crippen LogP contribution in [0.5, 0.6) is 0 Å². The molecule has 1 aromatic carbocycles. The summed E-state index contributed by atoms with van der Waals surface area (Å²) in [5, 5.41) is 10.3. The first-order valence-corrected chi connectivity index (χ1v) is 10.8. The van der Waals surface area contributed by atoms with Gasteiger partial charge in [0, 0.05) is 47.5 Å². The highest BCUT2D eigenvalue weighted by molar-refractivity contribution is 7.14. The van der Waals surface area contributed by atoms with E-state index in [4.69, 9.17) is 11.6 Å². The van der Waals surface area contributed by atoms with E-state index in [2.05, 4.69) is 27.1 Å². The van der Waals surface area contributed by atoms with Crippen molar-refractivity contribution in [1.29, 1.82) is 0 Å². The topological polar surface area (TPSA) is 48.5 Å². The van der Waals surface area contributed by atoms with Gasteiger partial charge >= 0.3 is 0 Å². The Morgan fingerprint density at radius 1 is 1.19 bits per heavy atom. The molecular weight excluding hydrogens is 400 g/mol. The van der Waals surface area contributed by atoms with E-state index >= 15 is 0 Å². The summed E-state index contributed by atoms with van der Waals surface area (Å²) in [4.78, 5) is 21.8. The first-order chi connectivity index (χ1) is 13.1. The molecule has 27 heavy (non-hydrogen) atoms. The first kappa shape index (κ1) is 18.4. The molecule has 1 aliphatic heterocycles. The average Bonchev–Trinajstić information content (AvgIpc) is 3.34. The minimum atomic E-state index is -0.217. The summed E-state index contributed by atoms with van der Waals surface area (Å²) in [6.07, 6.45) is 0. The first-order valence-electron chi connectivity index (χ1n) is 8.62. The highest BCUT2D eigenvalue weighted by atomic mass is 35.5. The van der Waals surface area contributed by atoms with Crippen LogP contribution in [0.1, 0.15) is 10.5 Å². The zero-order valence-electron chi connectivity index (χ0n) is 14.8. The number of hydrogen-bond donors (Lipinski definition) is 1. The van der Waals surface area contributed by atoms with E-state index in [1.54, 1.807) is 22.8 Å². The maximum absolute atomic E-state index is 12.8. The van der Waals surface area contributed by atoms with Gasteiger partial charge in [0.05, 0.1) is 11.4 Å². The number of piperazine rings is 1. The van der Waals surface area contributed by atoms with Crippen molar-refractivity contribution in [3.05, 3.63) is 51.1 Å². The average molecular weight is 419 g/mol. The van der Waals surface area contributed by atoms with Gasteiger partial charge in [0.2, 0.25) is 0 Å². The number of hydrogen-bond acceptors (Lipinski definition) is 6. The van der Waals surface area contributed by atoms with Crippen LogP contribution in [-0.4, -0.2) is 49.0 Å². The largest absolute Gasteiger partial charge is 0.367 e. The summed E-state index contributed by atoms with van der Waals surface area (Å²) < 4.78 is 0. The van der Waals surface area contributed by atoms with Crippen LogP contribution in [0.2, 0.25) is 5.02 Å². The Morgan fingerprint density at radius 2 is 2.00 bits per heavy atom. The van der Waals surface area contributed by atoms with Crippen LogP contribution in [0.15, 0.2) is 40.4 Å². The number of nitrogens with one attached hydrogen (secondary N) is 1. The predicted octanol–water partition coefficient (Wildman–Crippen LogP) is 4.53. The number of carbonyl (C=O) groups excluding carboxylic acids is 1. The fourth-order valence-electron chi connectivity index (χ4n) is 3.01. The number of benzene rings is 1. The lowest BCUT2D eigenvalue weighted by Gasteiger charge is -2.35. The normalized spacial score (nSPS) is 15.1. The fourth-order valence-corrected chi connectivity index (χ4v) is 4.70. The van der Waals surface area contributed by atoms with E-state index in [9.17, 15) is 4.79 Å². The molecule has 0 unspecified atom stereocenters. The van der Waals surface area contributed by atoms with Gasteiger partial charge in [0.15, 0.2) is 0 Å². The molecule has 0 radical (unpaired) electrons. The fraction of sp³-hybridized carbons (Fsp3) is 0.263. The standard InChI is InChI=1S/C19H19ClN4OS2/c1-23-5-7-24(8-6-23)17-3-2-14(20)10-15(17)21-18(25)16-12-27-19(22-16)13-4-9-26-11-13/h2-4,9-12H,5-8H2,1H3,(H,21,25). The van der Waals surface area contributed by atoms with Crippen molar-refractivity contribution in [3.8, 4) is 10.6 Å². The molecule has 0 spiro atoms. The molecule has 1 saturated heterocycles. The minimum Gasteiger partial charge on any atom is -0.367 e. The van der Waals surface area contributed by atoms with E-state index in [0.717, 1.165) is 48.1 Å². The molecule has 2 aromatic heterocycles. The maximum atomic E-state index is 12.8. The Kier molecular flexibility index (Phi) is 5.45. The molecule has 1 aliphatic rings. The number of anilines is 2. The SMILES string of the molecule is CN1CCN(c2ccc(Cl)cc2NC(=O)c2csc(-c3ccsc3)n2)CC1. The van der Waals surface area contributed by atoms with Gasteiger partial charge < -0.3 is 15.1 Å². The number of amides is 1. The second-order valence-corrected chi connectivity index (χ2v) is 8.53. The molecule has 1 N–H and O–H groups in total. The van der Waals surface area contributed by atoms with Gasteiger partial charge in [0.25, 0.3) is 5.91 Å². The highest BCUT2D eigenvalue weighted by Gasteiger charge is 2.20. The van der Waals surface area contributed by atoms with Crippen LogP contribution in [0.4, 0.5) is 11.4 Å². The molecule has 1 amide bonds. The van der Waals surface area contributed by atoms with Gasteiger partial charge in [-0.25, -0.2) is 4.98 Å². The zero-order valence-corrected chi connectivity index (χ0v) is 17.2. The lowest BCUT2D eigenvalue weighted by molar-refractivity contribution is 0.102. The van der Waals surface area contributed by atoms with E-state index in [1.165, 1.54) is 11.3 Å². The second-order valence-electron chi connectivity index (χ2n) is 6.46. The molecule has 1 fully saturated rings. The second kappa shape index (κ2) is 7.98. The van der Waals surface area contributed by atoms with Gasteiger partial charge in [-0.1, -0.05) is 11.6 Å². The molecule has 4 rings (SSSR count). The van der Waals surface area contributed by atoms with Gasteiger partial charge in [-0.05, 0) is 36.7 Å². The van der Waals surface area contributed by atoms with Crippen molar-refractivity contribution >= 4 is 51.6 Å². The van der Waals surface area contributed by atoms with Crippen LogP contribution in [0.3, 0.4) is 0 Å². The van der Waals surface area contributed by atoms with Crippen molar-refractivity contribution in [2.75, 3.05) is 43.4 Å². The number of nitrogens with zero attached hydrogens (tertiary/aromatic N) is 3. The van der Waals surface area contributed by atoms with E-state index in [-0.39, 0.29) is 5.91 Å². The van der Waals surface area contributed by atoms with E-state index < -0.39 is 0 Å². The van der Waals surface area contributed by atoms with Gasteiger partial charge in [-0.3, -0.25) is 4.79 Å². The number of thiazole rings is 1. The number of rotatable bonds is 4. The van der Waals surface area contributed by atoms with Gasteiger partial charge in [-0.15, -0.1) is 11.3 Å². The molecule has 0 bridgehead atoms.